The summed E-state index contributed by atoms with van der Waals surface area (Å²) in [5.41, 5.74) is 1.43. The molecule has 150 valence electrons. The van der Waals surface area contributed by atoms with Crippen LogP contribution < -0.4 is 14.8 Å². The number of hydrogen-bond acceptors (Lipinski definition) is 6. The van der Waals surface area contributed by atoms with E-state index in [0.717, 1.165) is 5.56 Å². The Hall–Kier alpha value is -2.84. The maximum atomic E-state index is 12.7. The summed E-state index contributed by atoms with van der Waals surface area (Å²) in [6.45, 7) is 0.212. The number of methoxy groups -OCH3 is 2. The number of nitrogens with zero attached hydrogens (tertiary/aromatic N) is 1. The summed E-state index contributed by atoms with van der Waals surface area (Å²) < 4.78 is 10.9. The molecule has 1 fully saturated rings. The van der Waals surface area contributed by atoms with Crippen LogP contribution in [0.4, 0.5) is 5.69 Å². The molecule has 1 heterocycles. The van der Waals surface area contributed by atoms with E-state index in [-0.39, 0.29) is 24.8 Å². The predicted octanol–water partition coefficient (Wildman–Crippen LogP) is 3.93. The summed E-state index contributed by atoms with van der Waals surface area (Å²) in [4.78, 5) is 27.0. The highest BCUT2D eigenvalue weighted by Gasteiger charge is 2.32. The minimum atomic E-state index is -0.208. The van der Waals surface area contributed by atoms with Crippen LogP contribution >= 0.6 is 24.0 Å². The van der Waals surface area contributed by atoms with Crippen LogP contribution in [0.25, 0.3) is 6.08 Å². The highest BCUT2D eigenvalue weighted by Crippen LogP contribution is 2.34. The van der Waals surface area contributed by atoms with Crippen molar-refractivity contribution < 1.29 is 19.1 Å². The van der Waals surface area contributed by atoms with Gasteiger partial charge in [-0.25, -0.2) is 0 Å². The number of para-hydroxylation sites is 1. The van der Waals surface area contributed by atoms with Gasteiger partial charge in [-0.1, -0.05) is 48.2 Å². The Labute approximate surface area is 178 Å². The number of thiocarbonyl (C=S) groups is 1. The molecule has 1 aliphatic rings. The Bertz CT molecular complexity index is 975. The standard InChI is InChI=1S/C21H20N2O4S2/c1-26-16-8-5-7-15(13-16)22-19(24)10-11-23-20(25)18(29-21(23)28)12-14-6-3-4-9-17(14)27-2/h3-9,12-13H,10-11H2,1-2H3,(H,22,24)/b18-12+. The zero-order valence-corrected chi connectivity index (χ0v) is 17.6. The highest BCUT2D eigenvalue weighted by atomic mass is 32.2. The number of ether oxygens (including phenoxy) is 2. The molecular weight excluding hydrogens is 408 g/mol. The number of carbonyl (C=O) groups is 2. The van der Waals surface area contributed by atoms with E-state index in [0.29, 0.717) is 26.4 Å². The lowest BCUT2D eigenvalue weighted by molar-refractivity contribution is -0.122. The fourth-order valence-corrected chi connectivity index (χ4v) is 4.06. The largest absolute Gasteiger partial charge is 0.497 e. The van der Waals surface area contributed by atoms with Crippen LogP contribution in [0, 0.1) is 0 Å². The molecule has 0 aromatic heterocycles. The van der Waals surface area contributed by atoms with Crippen molar-refractivity contribution in [3.8, 4) is 11.5 Å². The van der Waals surface area contributed by atoms with Gasteiger partial charge in [-0.15, -0.1) is 0 Å². The molecule has 0 unspecified atom stereocenters. The first-order valence-electron chi connectivity index (χ1n) is 8.84. The van der Waals surface area contributed by atoms with Gasteiger partial charge in [0.1, 0.15) is 15.8 Å². The van der Waals surface area contributed by atoms with Crippen LogP contribution in [0.5, 0.6) is 11.5 Å². The SMILES string of the molecule is COc1cccc(NC(=O)CCN2C(=O)/C(=C\c3ccccc3OC)SC2=S)c1. The van der Waals surface area contributed by atoms with Crippen LogP contribution in [0.1, 0.15) is 12.0 Å². The van der Waals surface area contributed by atoms with Gasteiger partial charge in [0.25, 0.3) is 5.91 Å². The number of thioether (sulfide) groups is 1. The lowest BCUT2D eigenvalue weighted by atomic mass is 10.2. The molecule has 3 rings (SSSR count). The van der Waals surface area contributed by atoms with Crippen LogP contribution in [0.2, 0.25) is 0 Å². The fourth-order valence-electron chi connectivity index (χ4n) is 2.76. The minimum Gasteiger partial charge on any atom is -0.497 e. The summed E-state index contributed by atoms with van der Waals surface area (Å²) in [5.74, 6) is 0.915. The Balaban J connectivity index is 1.63. The van der Waals surface area contributed by atoms with Crippen molar-refractivity contribution in [2.75, 3.05) is 26.1 Å². The van der Waals surface area contributed by atoms with E-state index in [1.54, 1.807) is 44.6 Å². The van der Waals surface area contributed by atoms with Gasteiger partial charge in [0.15, 0.2) is 0 Å². The molecule has 0 saturated carbocycles. The molecule has 2 aromatic rings. The maximum Gasteiger partial charge on any atom is 0.266 e. The lowest BCUT2D eigenvalue weighted by Crippen LogP contribution is -2.31. The van der Waals surface area contributed by atoms with Crippen molar-refractivity contribution in [1.82, 2.24) is 4.90 Å². The zero-order valence-electron chi connectivity index (χ0n) is 16.0. The molecule has 2 aromatic carbocycles. The smallest absolute Gasteiger partial charge is 0.266 e. The summed E-state index contributed by atoms with van der Waals surface area (Å²) in [6, 6.07) is 14.5. The zero-order chi connectivity index (χ0) is 20.8. The van der Waals surface area contributed by atoms with E-state index >= 15 is 0 Å². The second-order valence-corrected chi connectivity index (χ2v) is 7.78. The first kappa shape index (κ1) is 20.9. The normalized spacial score (nSPS) is 15.0. The van der Waals surface area contributed by atoms with E-state index in [1.165, 1.54) is 16.7 Å². The molecule has 29 heavy (non-hydrogen) atoms. The minimum absolute atomic E-state index is 0.131. The number of anilines is 1. The number of nitrogens with one attached hydrogen (secondary N) is 1. The Morgan fingerprint density at radius 3 is 2.72 bits per heavy atom. The molecule has 6 nitrogen and oxygen atoms in total. The van der Waals surface area contributed by atoms with Crippen molar-refractivity contribution in [2.24, 2.45) is 0 Å². The van der Waals surface area contributed by atoms with E-state index in [2.05, 4.69) is 5.32 Å². The van der Waals surface area contributed by atoms with E-state index in [4.69, 9.17) is 21.7 Å². The number of rotatable bonds is 7. The quantitative estimate of drug-likeness (QED) is 0.532. The van der Waals surface area contributed by atoms with E-state index < -0.39 is 0 Å². The average Bonchev–Trinajstić information content (AvgIpc) is 2.99. The van der Waals surface area contributed by atoms with E-state index in [1.807, 2.05) is 24.3 Å². The van der Waals surface area contributed by atoms with Crippen LogP contribution in [-0.2, 0) is 9.59 Å². The number of carbonyl (C=O) groups excluding carboxylic acids is 2. The molecule has 2 amide bonds. The summed E-state index contributed by atoms with van der Waals surface area (Å²) in [5, 5.41) is 2.80. The van der Waals surface area contributed by atoms with Gasteiger partial charge < -0.3 is 14.8 Å². The number of benzene rings is 2. The second kappa shape index (κ2) is 9.58. The third kappa shape index (κ3) is 5.16. The molecule has 1 saturated heterocycles. The Morgan fingerprint density at radius 2 is 1.97 bits per heavy atom. The Morgan fingerprint density at radius 1 is 1.17 bits per heavy atom. The summed E-state index contributed by atoms with van der Waals surface area (Å²) in [6.07, 6.45) is 1.89. The highest BCUT2D eigenvalue weighted by molar-refractivity contribution is 8.26. The molecule has 1 aliphatic heterocycles. The second-order valence-electron chi connectivity index (χ2n) is 6.11. The van der Waals surface area contributed by atoms with Crippen molar-refractivity contribution in [3.05, 3.63) is 59.0 Å². The number of amides is 2. The van der Waals surface area contributed by atoms with E-state index in [9.17, 15) is 9.59 Å². The topological polar surface area (TPSA) is 67.9 Å². The predicted molar refractivity (Wildman–Crippen MR) is 119 cm³/mol. The molecule has 1 N–H and O–H groups in total. The van der Waals surface area contributed by atoms with Crippen molar-refractivity contribution >= 4 is 51.9 Å². The average molecular weight is 429 g/mol. The molecule has 8 heteroatoms. The van der Waals surface area contributed by atoms with Gasteiger partial charge in [-0.3, -0.25) is 14.5 Å². The van der Waals surface area contributed by atoms with Crippen LogP contribution in [-0.4, -0.2) is 41.8 Å². The third-order valence-corrected chi connectivity index (χ3v) is 5.59. The van der Waals surface area contributed by atoms with Gasteiger partial charge in [-0.2, -0.15) is 0 Å². The first-order valence-corrected chi connectivity index (χ1v) is 10.1. The molecular formula is C21H20N2O4S2. The number of hydrogen-bond donors (Lipinski definition) is 1. The maximum absolute atomic E-state index is 12.7. The van der Waals surface area contributed by atoms with Crippen molar-refractivity contribution in [2.45, 2.75) is 6.42 Å². The molecule has 0 spiro atoms. The van der Waals surface area contributed by atoms with Gasteiger partial charge in [0.05, 0.1) is 19.1 Å². The summed E-state index contributed by atoms with van der Waals surface area (Å²) >= 11 is 6.56. The van der Waals surface area contributed by atoms with Crippen molar-refractivity contribution in [3.63, 3.8) is 0 Å². The molecule has 0 aliphatic carbocycles. The molecule has 0 radical (unpaired) electrons. The van der Waals surface area contributed by atoms with Crippen LogP contribution in [0.15, 0.2) is 53.4 Å². The molecule has 0 bridgehead atoms. The third-order valence-electron chi connectivity index (χ3n) is 4.22. The fraction of sp³-hybridized carbons (Fsp3) is 0.190. The van der Waals surface area contributed by atoms with Crippen molar-refractivity contribution in [1.29, 1.82) is 0 Å². The summed E-state index contributed by atoms with van der Waals surface area (Å²) in [7, 11) is 3.15. The monoisotopic (exact) mass is 428 g/mol. The molecule has 0 atom stereocenters. The van der Waals surface area contributed by atoms with Gasteiger partial charge in [0, 0.05) is 30.3 Å². The van der Waals surface area contributed by atoms with Gasteiger partial charge >= 0.3 is 0 Å². The lowest BCUT2D eigenvalue weighted by Gasteiger charge is -2.14. The first-order chi connectivity index (χ1) is 14.0. The van der Waals surface area contributed by atoms with Gasteiger partial charge in [0.2, 0.25) is 5.91 Å². The van der Waals surface area contributed by atoms with Gasteiger partial charge in [-0.05, 0) is 24.3 Å². The Kier molecular flexibility index (Phi) is 6.90. The van der Waals surface area contributed by atoms with Crippen LogP contribution in [0.3, 0.4) is 0 Å².